The summed E-state index contributed by atoms with van der Waals surface area (Å²) in [6.45, 7) is 0.0211. The summed E-state index contributed by atoms with van der Waals surface area (Å²) in [5, 5.41) is 0.0725. The molecule has 34 heavy (non-hydrogen) atoms. The SMILES string of the molecule is Fc1cccc(F)c1C1=NC(COc2ccc(OC3C=CC=CC3(Cl)C(F)(F)F)cc2Cl)CO1. The van der Waals surface area contributed by atoms with Gasteiger partial charge in [-0.15, -0.1) is 11.6 Å². The predicted molar refractivity (Wildman–Crippen MR) is 117 cm³/mol. The molecule has 0 aromatic heterocycles. The van der Waals surface area contributed by atoms with Crippen LogP contribution in [0.4, 0.5) is 22.0 Å². The van der Waals surface area contributed by atoms with Gasteiger partial charge in [-0.3, -0.25) is 0 Å². The van der Waals surface area contributed by atoms with Gasteiger partial charge < -0.3 is 14.2 Å². The molecule has 1 heterocycles. The molecule has 0 saturated carbocycles. The molecule has 3 unspecified atom stereocenters. The van der Waals surface area contributed by atoms with E-state index in [0.717, 1.165) is 18.2 Å². The Labute approximate surface area is 201 Å². The van der Waals surface area contributed by atoms with Crippen molar-refractivity contribution in [1.29, 1.82) is 0 Å². The number of ether oxygens (including phenoxy) is 3. The first-order chi connectivity index (χ1) is 16.1. The van der Waals surface area contributed by atoms with Gasteiger partial charge in [-0.1, -0.05) is 35.9 Å². The smallest absolute Gasteiger partial charge is 0.415 e. The molecule has 0 radical (unpaired) electrons. The highest BCUT2D eigenvalue weighted by molar-refractivity contribution is 6.32. The second-order valence-corrected chi connectivity index (χ2v) is 8.48. The molecule has 2 aliphatic rings. The maximum atomic E-state index is 13.9. The van der Waals surface area contributed by atoms with Crippen molar-refractivity contribution in [3.63, 3.8) is 0 Å². The van der Waals surface area contributed by atoms with Gasteiger partial charge in [-0.25, -0.2) is 13.8 Å². The topological polar surface area (TPSA) is 40.0 Å². The van der Waals surface area contributed by atoms with Crippen LogP contribution in [0.1, 0.15) is 5.56 Å². The Hall–Kier alpha value is -2.78. The quantitative estimate of drug-likeness (QED) is 0.334. The Morgan fingerprint density at radius 1 is 1.12 bits per heavy atom. The van der Waals surface area contributed by atoms with E-state index in [1.165, 1.54) is 42.5 Å². The van der Waals surface area contributed by atoms with Crippen LogP contribution >= 0.6 is 23.2 Å². The highest BCUT2D eigenvalue weighted by atomic mass is 35.5. The first-order valence-electron chi connectivity index (χ1n) is 9.94. The first kappa shape index (κ1) is 24.3. The summed E-state index contributed by atoms with van der Waals surface area (Å²) in [5.41, 5.74) is -0.356. The maximum absolute atomic E-state index is 13.9. The molecule has 0 saturated heterocycles. The van der Waals surface area contributed by atoms with E-state index in [9.17, 15) is 22.0 Å². The average Bonchev–Trinajstić information content (AvgIpc) is 3.22. The van der Waals surface area contributed by atoms with E-state index in [-0.39, 0.29) is 41.2 Å². The van der Waals surface area contributed by atoms with E-state index < -0.39 is 34.8 Å². The van der Waals surface area contributed by atoms with Crippen LogP contribution in [-0.2, 0) is 4.74 Å². The molecule has 0 spiro atoms. The summed E-state index contributed by atoms with van der Waals surface area (Å²) in [6.07, 6.45) is -1.63. The number of allylic oxidation sites excluding steroid dienone is 2. The molecule has 1 aliphatic carbocycles. The normalized spacial score (nSPS) is 24.0. The van der Waals surface area contributed by atoms with Gasteiger partial charge in [-0.05, 0) is 30.3 Å². The van der Waals surface area contributed by atoms with Crippen LogP contribution in [-0.4, -0.2) is 42.3 Å². The lowest BCUT2D eigenvalue weighted by atomic mass is 9.95. The zero-order valence-electron chi connectivity index (χ0n) is 17.2. The Balaban J connectivity index is 1.41. The number of aliphatic imine (C=N–C) groups is 1. The Bertz CT molecular complexity index is 1150. The van der Waals surface area contributed by atoms with Crippen LogP contribution in [0.25, 0.3) is 0 Å². The van der Waals surface area contributed by atoms with Crippen molar-refractivity contribution >= 4 is 29.1 Å². The molecule has 4 nitrogen and oxygen atoms in total. The van der Waals surface area contributed by atoms with Crippen molar-refractivity contribution < 1.29 is 36.2 Å². The number of alkyl halides is 4. The molecule has 3 atom stereocenters. The van der Waals surface area contributed by atoms with Gasteiger partial charge in [0.2, 0.25) is 5.90 Å². The van der Waals surface area contributed by atoms with Crippen molar-refractivity contribution in [1.82, 2.24) is 0 Å². The summed E-state index contributed by atoms with van der Waals surface area (Å²) >= 11 is 12.0. The summed E-state index contributed by atoms with van der Waals surface area (Å²) in [6, 6.07) is 6.97. The third kappa shape index (κ3) is 4.86. The Kier molecular flexibility index (Phi) is 6.78. The summed E-state index contributed by atoms with van der Waals surface area (Å²) in [7, 11) is 0. The van der Waals surface area contributed by atoms with E-state index in [4.69, 9.17) is 37.4 Å². The van der Waals surface area contributed by atoms with Crippen LogP contribution in [0, 0.1) is 11.6 Å². The highest BCUT2D eigenvalue weighted by Crippen LogP contribution is 2.44. The lowest BCUT2D eigenvalue weighted by Crippen LogP contribution is -2.50. The molecular formula is C23H16Cl2F5NO3. The third-order valence-electron chi connectivity index (χ3n) is 5.07. The van der Waals surface area contributed by atoms with Gasteiger partial charge in [0.25, 0.3) is 0 Å². The molecule has 0 bridgehead atoms. The Morgan fingerprint density at radius 3 is 2.53 bits per heavy atom. The molecular weight excluding hydrogens is 504 g/mol. The zero-order valence-corrected chi connectivity index (χ0v) is 18.7. The zero-order chi connectivity index (χ0) is 24.5. The van der Waals surface area contributed by atoms with Crippen molar-refractivity contribution in [2.75, 3.05) is 13.2 Å². The average molecular weight is 520 g/mol. The number of hydrogen-bond donors (Lipinski definition) is 0. The van der Waals surface area contributed by atoms with Gasteiger partial charge in [0.1, 0.15) is 54.1 Å². The first-order valence-corrected chi connectivity index (χ1v) is 10.7. The number of nitrogens with zero attached hydrogens (tertiary/aromatic N) is 1. The maximum Gasteiger partial charge on any atom is 0.415 e. The van der Waals surface area contributed by atoms with Gasteiger partial charge in [0.15, 0.2) is 4.87 Å². The molecule has 11 heteroatoms. The van der Waals surface area contributed by atoms with Crippen molar-refractivity contribution in [2.24, 2.45) is 4.99 Å². The van der Waals surface area contributed by atoms with Gasteiger partial charge in [0.05, 0.1) is 5.02 Å². The molecule has 180 valence electrons. The summed E-state index contributed by atoms with van der Waals surface area (Å²) < 4.78 is 84.5. The van der Waals surface area contributed by atoms with E-state index in [2.05, 4.69) is 4.99 Å². The molecule has 0 amide bonds. The molecule has 0 fully saturated rings. The van der Waals surface area contributed by atoms with Crippen LogP contribution in [0.15, 0.2) is 65.7 Å². The third-order valence-corrected chi connectivity index (χ3v) is 5.92. The monoisotopic (exact) mass is 519 g/mol. The molecule has 0 N–H and O–H groups in total. The van der Waals surface area contributed by atoms with Gasteiger partial charge in [-0.2, -0.15) is 13.2 Å². The van der Waals surface area contributed by atoms with Crippen molar-refractivity contribution in [2.45, 2.75) is 23.2 Å². The van der Waals surface area contributed by atoms with E-state index in [1.54, 1.807) is 0 Å². The highest BCUT2D eigenvalue weighted by Gasteiger charge is 2.58. The molecule has 4 rings (SSSR count). The molecule has 2 aromatic carbocycles. The number of rotatable bonds is 6. The number of benzene rings is 2. The summed E-state index contributed by atoms with van der Waals surface area (Å²) in [5.74, 6) is -1.50. The van der Waals surface area contributed by atoms with Gasteiger partial charge >= 0.3 is 6.18 Å². The molecule has 1 aliphatic heterocycles. The minimum Gasteiger partial charge on any atom is -0.490 e. The second kappa shape index (κ2) is 9.46. The lowest BCUT2D eigenvalue weighted by molar-refractivity contribution is -0.164. The fourth-order valence-corrected chi connectivity index (χ4v) is 3.74. The molecule has 2 aromatic rings. The van der Waals surface area contributed by atoms with E-state index in [1.807, 2.05) is 0 Å². The minimum atomic E-state index is -4.75. The van der Waals surface area contributed by atoms with Crippen molar-refractivity contribution in [3.05, 3.63) is 82.9 Å². The number of halogens is 7. The largest absolute Gasteiger partial charge is 0.490 e. The predicted octanol–water partition coefficient (Wildman–Crippen LogP) is 6.26. The second-order valence-electron chi connectivity index (χ2n) is 7.45. The van der Waals surface area contributed by atoms with Crippen LogP contribution in [0.5, 0.6) is 11.5 Å². The van der Waals surface area contributed by atoms with Crippen LogP contribution in [0.2, 0.25) is 5.02 Å². The fraction of sp³-hybridized carbons (Fsp3) is 0.261. The van der Waals surface area contributed by atoms with E-state index in [0.29, 0.717) is 0 Å². The van der Waals surface area contributed by atoms with Crippen molar-refractivity contribution in [3.8, 4) is 11.5 Å². The number of hydrogen-bond acceptors (Lipinski definition) is 4. The van der Waals surface area contributed by atoms with E-state index >= 15 is 0 Å². The summed E-state index contributed by atoms with van der Waals surface area (Å²) in [4.78, 5) is 1.42. The standard InChI is InChI=1S/C23H16Cl2F5NO3/c24-15-10-14(34-19-6-1-2-9-22(19,25)23(28,29)30)7-8-18(15)32-11-13-12-33-21(31-13)20-16(26)4-3-5-17(20)27/h1-10,13,19H,11-12H2. The van der Waals surface area contributed by atoms with Gasteiger partial charge in [0, 0.05) is 6.07 Å². The lowest BCUT2D eigenvalue weighted by Gasteiger charge is -2.34. The van der Waals surface area contributed by atoms with Crippen LogP contribution in [0.3, 0.4) is 0 Å². The fourth-order valence-electron chi connectivity index (χ4n) is 3.32. The Morgan fingerprint density at radius 2 is 1.85 bits per heavy atom. The minimum absolute atomic E-state index is 0.0193. The van der Waals surface area contributed by atoms with Crippen LogP contribution < -0.4 is 9.47 Å².